The molecule has 3 aromatic rings. The third-order valence-electron chi connectivity index (χ3n) is 4.62. The summed E-state index contributed by atoms with van der Waals surface area (Å²) in [6.07, 6.45) is 2.62. The third kappa shape index (κ3) is 5.68. The fourth-order valence-electron chi connectivity index (χ4n) is 3.25. The van der Waals surface area contributed by atoms with Crippen LogP contribution in [-0.2, 0) is 29.5 Å². The van der Waals surface area contributed by atoms with E-state index in [1.165, 1.54) is 7.11 Å². The van der Waals surface area contributed by atoms with Crippen molar-refractivity contribution in [2.45, 2.75) is 19.9 Å². The first-order chi connectivity index (χ1) is 14.1. The lowest BCUT2D eigenvalue weighted by Crippen LogP contribution is -2.30. The maximum atomic E-state index is 12.3. The third-order valence-corrected chi connectivity index (χ3v) is 5.49. The van der Waals surface area contributed by atoms with E-state index in [9.17, 15) is 4.79 Å². The molecule has 7 heteroatoms. The van der Waals surface area contributed by atoms with Crippen LogP contribution < -0.4 is 10.1 Å². The molecular formula is C22H27N3O3S. The highest BCUT2D eigenvalue weighted by Crippen LogP contribution is 2.26. The molecule has 1 N–H and O–H groups in total. The number of nitrogens with one attached hydrogen (secondary N) is 1. The van der Waals surface area contributed by atoms with E-state index in [-0.39, 0.29) is 11.9 Å². The van der Waals surface area contributed by atoms with Crippen molar-refractivity contribution in [1.82, 2.24) is 15.1 Å². The maximum absolute atomic E-state index is 12.3. The van der Waals surface area contributed by atoms with E-state index < -0.39 is 0 Å². The number of ether oxygens (including phenoxy) is 2. The van der Waals surface area contributed by atoms with Gasteiger partial charge in [0.05, 0.1) is 24.5 Å². The summed E-state index contributed by atoms with van der Waals surface area (Å²) < 4.78 is 12.3. The van der Waals surface area contributed by atoms with E-state index in [1.807, 2.05) is 60.6 Å². The molecular weight excluding hydrogens is 386 g/mol. The monoisotopic (exact) mass is 413 g/mol. The van der Waals surface area contributed by atoms with Gasteiger partial charge in [-0.25, -0.2) is 0 Å². The lowest BCUT2D eigenvalue weighted by atomic mass is 9.99. The standard InChI is InChI=1S/C22H27N3O3S/c1-4-28-19-9-7-16(8-10-19)12-17(22(26)27-3)13-23-14-18-15-25(2)24-21(18)20-6-5-11-29-20/h5-11,15,17,23H,4,12-14H2,1-3H3/t17-/m1/s1. The zero-order valence-corrected chi connectivity index (χ0v) is 17.9. The van der Waals surface area contributed by atoms with E-state index >= 15 is 0 Å². The highest BCUT2D eigenvalue weighted by Gasteiger charge is 2.20. The van der Waals surface area contributed by atoms with Crippen LogP contribution in [0.2, 0.25) is 0 Å². The molecule has 0 aliphatic rings. The van der Waals surface area contributed by atoms with E-state index in [4.69, 9.17) is 9.47 Å². The lowest BCUT2D eigenvalue weighted by Gasteiger charge is -2.16. The number of nitrogens with zero attached hydrogens (tertiary/aromatic N) is 2. The average Bonchev–Trinajstić information content (AvgIpc) is 3.37. The summed E-state index contributed by atoms with van der Waals surface area (Å²) in [7, 11) is 3.35. The summed E-state index contributed by atoms with van der Waals surface area (Å²) >= 11 is 1.67. The minimum atomic E-state index is -0.264. The van der Waals surface area contributed by atoms with Crippen LogP contribution in [-0.4, -0.2) is 36.0 Å². The number of benzene rings is 1. The van der Waals surface area contributed by atoms with Crippen molar-refractivity contribution in [2.24, 2.45) is 13.0 Å². The highest BCUT2D eigenvalue weighted by atomic mass is 32.1. The van der Waals surface area contributed by atoms with Gasteiger partial charge in [-0.05, 0) is 42.5 Å². The maximum Gasteiger partial charge on any atom is 0.310 e. The first kappa shape index (κ1) is 21.1. The largest absolute Gasteiger partial charge is 0.494 e. The Morgan fingerprint density at radius 3 is 2.72 bits per heavy atom. The molecule has 2 heterocycles. The molecule has 154 valence electrons. The van der Waals surface area contributed by atoms with Crippen molar-refractivity contribution in [1.29, 1.82) is 0 Å². The summed E-state index contributed by atoms with van der Waals surface area (Å²) in [6.45, 7) is 3.76. The van der Waals surface area contributed by atoms with Crippen molar-refractivity contribution < 1.29 is 14.3 Å². The molecule has 29 heavy (non-hydrogen) atoms. The number of hydrogen-bond acceptors (Lipinski definition) is 6. The number of carbonyl (C=O) groups excluding carboxylic acids is 1. The quantitative estimate of drug-likeness (QED) is 0.514. The van der Waals surface area contributed by atoms with Gasteiger partial charge in [-0.15, -0.1) is 11.3 Å². The molecule has 0 unspecified atom stereocenters. The number of aromatic nitrogens is 2. The second-order valence-electron chi connectivity index (χ2n) is 6.79. The molecule has 1 aromatic carbocycles. The van der Waals surface area contributed by atoms with Crippen molar-refractivity contribution in [3.8, 4) is 16.3 Å². The number of carbonyl (C=O) groups is 1. The number of rotatable bonds is 10. The molecule has 0 spiro atoms. The molecule has 0 aliphatic carbocycles. The molecule has 0 aliphatic heterocycles. The van der Waals surface area contributed by atoms with Crippen LogP contribution in [0.5, 0.6) is 5.75 Å². The zero-order valence-electron chi connectivity index (χ0n) is 17.1. The van der Waals surface area contributed by atoms with Crippen LogP contribution in [0, 0.1) is 5.92 Å². The molecule has 0 amide bonds. The molecule has 2 aromatic heterocycles. The van der Waals surface area contributed by atoms with Crippen LogP contribution in [0.4, 0.5) is 0 Å². The number of methoxy groups -OCH3 is 1. The fourth-order valence-corrected chi connectivity index (χ4v) is 3.99. The Hall–Kier alpha value is -2.64. The van der Waals surface area contributed by atoms with Gasteiger partial charge in [-0.2, -0.15) is 5.10 Å². The van der Waals surface area contributed by atoms with Crippen LogP contribution in [0.3, 0.4) is 0 Å². The summed E-state index contributed by atoms with van der Waals surface area (Å²) in [5.41, 5.74) is 3.17. The number of esters is 1. The molecule has 0 saturated carbocycles. The smallest absolute Gasteiger partial charge is 0.310 e. The fraction of sp³-hybridized carbons (Fsp3) is 0.364. The summed E-state index contributed by atoms with van der Waals surface area (Å²) in [4.78, 5) is 13.4. The van der Waals surface area contributed by atoms with Crippen molar-refractivity contribution in [3.05, 3.63) is 59.1 Å². The Morgan fingerprint density at radius 1 is 1.28 bits per heavy atom. The normalized spacial score (nSPS) is 12.0. The molecule has 0 radical (unpaired) electrons. The topological polar surface area (TPSA) is 65.4 Å². The first-order valence-electron chi connectivity index (χ1n) is 9.67. The van der Waals surface area contributed by atoms with Gasteiger partial charge in [0, 0.05) is 31.9 Å². The first-order valence-corrected chi connectivity index (χ1v) is 10.5. The van der Waals surface area contributed by atoms with E-state index in [0.717, 1.165) is 27.4 Å². The number of thiophene rings is 1. The van der Waals surface area contributed by atoms with Crippen molar-refractivity contribution in [3.63, 3.8) is 0 Å². The van der Waals surface area contributed by atoms with Gasteiger partial charge in [-0.3, -0.25) is 9.48 Å². The number of hydrogen-bond donors (Lipinski definition) is 1. The van der Waals surface area contributed by atoms with Crippen LogP contribution in [0.25, 0.3) is 10.6 Å². The van der Waals surface area contributed by atoms with Crippen LogP contribution >= 0.6 is 11.3 Å². The highest BCUT2D eigenvalue weighted by molar-refractivity contribution is 7.13. The van der Waals surface area contributed by atoms with Gasteiger partial charge in [0.2, 0.25) is 0 Å². The van der Waals surface area contributed by atoms with E-state index in [0.29, 0.717) is 26.1 Å². The van der Waals surface area contributed by atoms with Gasteiger partial charge < -0.3 is 14.8 Å². The molecule has 0 fully saturated rings. The minimum Gasteiger partial charge on any atom is -0.494 e. The Balaban J connectivity index is 1.62. The number of aryl methyl sites for hydroxylation is 1. The lowest BCUT2D eigenvalue weighted by molar-refractivity contribution is -0.145. The molecule has 3 rings (SSSR count). The van der Waals surface area contributed by atoms with E-state index in [2.05, 4.69) is 16.5 Å². The Labute approximate surface area is 175 Å². The molecule has 0 bridgehead atoms. The van der Waals surface area contributed by atoms with Gasteiger partial charge in [0.25, 0.3) is 0 Å². The second-order valence-corrected chi connectivity index (χ2v) is 7.73. The zero-order chi connectivity index (χ0) is 20.6. The Bertz CT molecular complexity index is 904. The molecule has 6 nitrogen and oxygen atoms in total. The van der Waals surface area contributed by atoms with Gasteiger partial charge >= 0.3 is 5.97 Å². The summed E-state index contributed by atoms with van der Waals surface area (Å²) in [5.74, 6) is 0.359. The van der Waals surface area contributed by atoms with Crippen LogP contribution in [0.1, 0.15) is 18.1 Å². The Kier molecular flexibility index (Phi) is 7.43. The van der Waals surface area contributed by atoms with Crippen LogP contribution in [0.15, 0.2) is 48.0 Å². The molecule has 1 atom stereocenters. The SMILES string of the molecule is CCOc1ccc(C[C@H](CNCc2cn(C)nc2-c2cccs2)C(=O)OC)cc1. The van der Waals surface area contributed by atoms with Gasteiger partial charge in [-0.1, -0.05) is 18.2 Å². The van der Waals surface area contributed by atoms with Gasteiger partial charge in [0.1, 0.15) is 11.4 Å². The Morgan fingerprint density at radius 2 is 2.07 bits per heavy atom. The van der Waals surface area contributed by atoms with E-state index in [1.54, 1.807) is 11.3 Å². The molecule has 0 saturated heterocycles. The summed E-state index contributed by atoms with van der Waals surface area (Å²) in [5, 5.41) is 10.0. The predicted molar refractivity (Wildman–Crippen MR) is 115 cm³/mol. The second kappa shape index (κ2) is 10.2. The van der Waals surface area contributed by atoms with Crippen molar-refractivity contribution >= 4 is 17.3 Å². The van der Waals surface area contributed by atoms with Crippen molar-refractivity contribution in [2.75, 3.05) is 20.3 Å². The summed E-state index contributed by atoms with van der Waals surface area (Å²) in [6, 6.07) is 12.0. The van der Waals surface area contributed by atoms with Gasteiger partial charge in [0.15, 0.2) is 0 Å². The predicted octanol–water partition coefficient (Wildman–Crippen LogP) is 3.67. The minimum absolute atomic E-state index is 0.212. The average molecular weight is 414 g/mol.